The highest BCUT2D eigenvalue weighted by atomic mass is 16.5. The molecule has 0 N–H and O–H groups in total. The molecule has 6 rings (SSSR count). The number of rotatable bonds is 7. The molecule has 36 heavy (non-hydrogen) atoms. The highest BCUT2D eigenvalue weighted by Crippen LogP contribution is 2.47. The summed E-state index contributed by atoms with van der Waals surface area (Å²) in [5.41, 5.74) is 5.51. The Hall–Kier alpha value is -4.25. The number of para-hydroxylation sites is 1. The van der Waals surface area contributed by atoms with E-state index >= 15 is 0 Å². The highest BCUT2D eigenvalue weighted by molar-refractivity contribution is 6.02. The zero-order chi connectivity index (χ0) is 24.3. The maximum Gasteiger partial charge on any atom is 0.213 e. The Kier molecular flexibility index (Phi) is 6.04. The number of benzene rings is 4. The van der Waals surface area contributed by atoms with Crippen molar-refractivity contribution >= 4 is 5.71 Å². The summed E-state index contributed by atoms with van der Waals surface area (Å²) in [6.07, 6.45) is 0.511. The third kappa shape index (κ3) is 4.40. The molecule has 5 heteroatoms. The molecule has 0 aliphatic carbocycles. The smallest absolute Gasteiger partial charge is 0.213 e. The van der Waals surface area contributed by atoms with Gasteiger partial charge in [0, 0.05) is 17.5 Å². The molecule has 5 nitrogen and oxygen atoms in total. The summed E-state index contributed by atoms with van der Waals surface area (Å²) in [5, 5.41) is 7.17. The minimum Gasteiger partial charge on any atom is -0.494 e. The summed E-state index contributed by atoms with van der Waals surface area (Å²) in [6, 6.07) is 34.9. The van der Waals surface area contributed by atoms with Crippen molar-refractivity contribution in [1.82, 2.24) is 5.01 Å². The van der Waals surface area contributed by atoms with Crippen molar-refractivity contribution in [3.05, 3.63) is 125 Å². The highest BCUT2D eigenvalue weighted by Gasteiger charge is 2.40. The quantitative estimate of drug-likeness (QED) is 0.291. The summed E-state index contributed by atoms with van der Waals surface area (Å²) in [5.74, 6) is 2.62. The zero-order valence-corrected chi connectivity index (χ0v) is 20.2. The molecule has 0 aromatic heterocycles. The van der Waals surface area contributed by atoms with Gasteiger partial charge < -0.3 is 14.2 Å². The molecule has 4 aromatic rings. The van der Waals surface area contributed by atoms with Crippen molar-refractivity contribution in [2.24, 2.45) is 5.10 Å². The maximum absolute atomic E-state index is 6.49. The molecule has 0 bridgehead atoms. The zero-order valence-electron chi connectivity index (χ0n) is 20.2. The van der Waals surface area contributed by atoms with Crippen LogP contribution in [0.3, 0.4) is 0 Å². The maximum atomic E-state index is 6.49. The molecule has 0 saturated carbocycles. The SMILES string of the molecule is CCOc1ccc(C2=NN3[C@@H](C2)c2ccccc2O[C@H]3c2ccc(OCc3ccccc3)cc2)cc1. The summed E-state index contributed by atoms with van der Waals surface area (Å²) >= 11 is 0. The van der Waals surface area contributed by atoms with Crippen molar-refractivity contribution < 1.29 is 14.2 Å². The number of ether oxygens (including phenoxy) is 3. The lowest BCUT2D eigenvalue weighted by Gasteiger charge is -2.38. The average Bonchev–Trinajstić information content (AvgIpc) is 3.39. The van der Waals surface area contributed by atoms with E-state index in [9.17, 15) is 0 Å². The molecule has 0 unspecified atom stereocenters. The minimum atomic E-state index is -0.312. The second kappa shape index (κ2) is 9.78. The van der Waals surface area contributed by atoms with E-state index in [4.69, 9.17) is 19.3 Å². The lowest BCUT2D eigenvalue weighted by Crippen LogP contribution is -2.33. The third-order valence-corrected chi connectivity index (χ3v) is 6.61. The normalized spacial score (nSPS) is 18.0. The summed E-state index contributed by atoms with van der Waals surface area (Å²) in [4.78, 5) is 0. The van der Waals surface area contributed by atoms with E-state index in [2.05, 4.69) is 53.5 Å². The first-order valence-electron chi connectivity index (χ1n) is 12.4. The Labute approximate surface area is 211 Å². The van der Waals surface area contributed by atoms with Crippen LogP contribution in [0.1, 0.15) is 47.9 Å². The van der Waals surface area contributed by atoms with Crippen LogP contribution in [0.15, 0.2) is 108 Å². The Bertz CT molecular complexity index is 1350. The van der Waals surface area contributed by atoms with Crippen LogP contribution in [0, 0.1) is 0 Å². The molecule has 0 radical (unpaired) electrons. The molecule has 2 atom stereocenters. The van der Waals surface area contributed by atoms with E-state index < -0.39 is 0 Å². The molecule has 4 aromatic carbocycles. The van der Waals surface area contributed by atoms with Gasteiger partial charge in [-0.3, -0.25) is 0 Å². The van der Waals surface area contributed by atoms with Crippen molar-refractivity contribution in [1.29, 1.82) is 0 Å². The van der Waals surface area contributed by atoms with Crippen LogP contribution in [0.4, 0.5) is 0 Å². The molecular formula is C31H28N2O3. The predicted octanol–water partition coefficient (Wildman–Crippen LogP) is 6.91. The van der Waals surface area contributed by atoms with Crippen molar-refractivity contribution in [3.8, 4) is 17.2 Å². The Morgan fingerprint density at radius 2 is 1.50 bits per heavy atom. The number of hydrogen-bond donors (Lipinski definition) is 0. The Balaban J connectivity index is 1.26. The van der Waals surface area contributed by atoms with Crippen LogP contribution in [0.5, 0.6) is 17.2 Å². The average molecular weight is 477 g/mol. The summed E-state index contributed by atoms with van der Waals surface area (Å²) in [7, 11) is 0. The van der Waals surface area contributed by atoms with Gasteiger partial charge in [-0.2, -0.15) is 5.10 Å². The van der Waals surface area contributed by atoms with E-state index in [0.29, 0.717) is 13.2 Å². The van der Waals surface area contributed by atoms with E-state index in [1.165, 1.54) is 5.56 Å². The van der Waals surface area contributed by atoms with Gasteiger partial charge in [0.05, 0.1) is 18.4 Å². The molecule has 0 saturated heterocycles. The fraction of sp³-hybridized carbons (Fsp3) is 0.194. The van der Waals surface area contributed by atoms with Crippen molar-refractivity contribution in [2.75, 3.05) is 6.61 Å². The number of hydrazone groups is 1. The second-order valence-corrected chi connectivity index (χ2v) is 8.96. The van der Waals surface area contributed by atoms with Gasteiger partial charge in [-0.25, -0.2) is 5.01 Å². The topological polar surface area (TPSA) is 43.3 Å². The number of nitrogens with zero attached hydrogens (tertiary/aromatic N) is 2. The largest absolute Gasteiger partial charge is 0.494 e. The first-order valence-corrected chi connectivity index (χ1v) is 12.4. The Morgan fingerprint density at radius 3 is 2.28 bits per heavy atom. The lowest BCUT2D eigenvalue weighted by molar-refractivity contribution is -0.0190. The predicted molar refractivity (Wildman–Crippen MR) is 140 cm³/mol. The van der Waals surface area contributed by atoms with Gasteiger partial charge >= 0.3 is 0 Å². The molecule has 0 amide bonds. The van der Waals surface area contributed by atoms with E-state index in [1.807, 2.05) is 61.5 Å². The van der Waals surface area contributed by atoms with Gasteiger partial charge in [0.15, 0.2) is 0 Å². The van der Waals surface area contributed by atoms with Gasteiger partial charge in [0.25, 0.3) is 0 Å². The van der Waals surface area contributed by atoms with Gasteiger partial charge in [0.1, 0.15) is 23.9 Å². The van der Waals surface area contributed by atoms with Crippen molar-refractivity contribution in [3.63, 3.8) is 0 Å². The van der Waals surface area contributed by atoms with E-state index in [0.717, 1.165) is 46.1 Å². The van der Waals surface area contributed by atoms with Gasteiger partial charge in [0.2, 0.25) is 6.23 Å². The molecule has 0 spiro atoms. The minimum absolute atomic E-state index is 0.121. The van der Waals surface area contributed by atoms with Gasteiger partial charge in [-0.1, -0.05) is 48.5 Å². The fourth-order valence-electron chi connectivity index (χ4n) is 4.81. The van der Waals surface area contributed by atoms with Crippen molar-refractivity contribution in [2.45, 2.75) is 32.2 Å². The summed E-state index contributed by atoms with van der Waals surface area (Å²) in [6.45, 7) is 3.19. The lowest BCUT2D eigenvalue weighted by atomic mass is 9.96. The number of fused-ring (bicyclic) bond motifs is 3. The molecule has 0 fully saturated rings. The third-order valence-electron chi connectivity index (χ3n) is 6.61. The molecule has 2 aliphatic heterocycles. The van der Waals surface area contributed by atoms with E-state index in [-0.39, 0.29) is 12.3 Å². The van der Waals surface area contributed by atoms with E-state index in [1.54, 1.807) is 0 Å². The van der Waals surface area contributed by atoms with Gasteiger partial charge in [-0.05, 0) is 72.6 Å². The van der Waals surface area contributed by atoms with Crippen LogP contribution in [-0.4, -0.2) is 17.3 Å². The second-order valence-electron chi connectivity index (χ2n) is 8.96. The first kappa shape index (κ1) is 22.2. The standard InChI is InChI=1S/C31H28N2O3/c1-2-34-25-16-12-23(13-17-25)28-20-29-27-10-6-7-11-30(27)36-31(33(29)32-28)24-14-18-26(19-15-24)35-21-22-8-4-3-5-9-22/h3-19,29,31H,2,20-21H2,1H3/t29-,31-/m0/s1. The first-order chi connectivity index (χ1) is 17.8. The fourth-order valence-corrected chi connectivity index (χ4v) is 4.81. The van der Waals surface area contributed by atoms with Crippen LogP contribution >= 0.6 is 0 Å². The monoisotopic (exact) mass is 476 g/mol. The van der Waals surface area contributed by atoms with Crippen LogP contribution < -0.4 is 14.2 Å². The molecular weight excluding hydrogens is 448 g/mol. The Morgan fingerprint density at radius 1 is 0.806 bits per heavy atom. The van der Waals surface area contributed by atoms with Crippen LogP contribution in [-0.2, 0) is 6.61 Å². The molecule has 2 heterocycles. The molecule has 2 aliphatic rings. The summed E-state index contributed by atoms with van der Waals surface area (Å²) < 4.78 is 18.1. The van der Waals surface area contributed by atoms with Crippen LogP contribution in [0.2, 0.25) is 0 Å². The molecule has 180 valence electrons. The van der Waals surface area contributed by atoms with Crippen LogP contribution in [0.25, 0.3) is 0 Å². The number of hydrogen-bond acceptors (Lipinski definition) is 5. The van der Waals surface area contributed by atoms with Gasteiger partial charge in [-0.15, -0.1) is 0 Å².